The summed E-state index contributed by atoms with van der Waals surface area (Å²) in [5.41, 5.74) is 0.409. The van der Waals surface area contributed by atoms with E-state index in [4.69, 9.17) is 4.52 Å². The number of ketones is 1. The Morgan fingerprint density at radius 2 is 1.86 bits per heavy atom. The number of aromatic nitrogens is 3. The summed E-state index contributed by atoms with van der Waals surface area (Å²) in [5.74, 6) is -5.21. The molecule has 0 saturated heterocycles. The second kappa shape index (κ2) is 6.87. The molecule has 142 valence electrons. The molecule has 0 amide bonds. The smallest absolute Gasteiger partial charge is 0.198 e. The lowest BCUT2D eigenvalue weighted by Crippen LogP contribution is -2.15. The second-order valence-corrected chi connectivity index (χ2v) is 5.93. The van der Waals surface area contributed by atoms with Crippen molar-refractivity contribution in [2.24, 2.45) is 4.99 Å². The van der Waals surface area contributed by atoms with Gasteiger partial charge < -0.3 is 4.52 Å². The van der Waals surface area contributed by atoms with Crippen molar-refractivity contribution >= 4 is 11.5 Å². The molecule has 28 heavy (non-hydrogen) atoms. The Bertz CT molecular complexity index is 1130. The topological polar surface area (TPSA) is 73.3 Å². The van der Waals surface area contributed by atoms with E-state index in [2.05, 4.69) is 15.2 Å². The first-order valence-corrected chi connectivity index (χ1v) is 8.01. The number of allylic oxidation sites excluding steroid dienone is 1. The van der Waals surface area contributed by atoms with Gasteiger partial charge in [0.15, 0.2) is 23.2 Å². The van der Waals surface area contributed by atoms with Crippen molar-refractivity contribution < 1.29 is 26.9 Å². The van der Waals surface area contributed by atoms with Gasteiger partial charge in [-0.15, -0.1) is 0 Å². The average Bonchev–Trinajstić information content (AvgIpc) is 3.34. The number of aliphatic imine (C=N–C) groups is 1. The molecule has 4 rings (SSSR count). The van der Waals surface area contributed by atoms with Crippen LogP contribution in [0.5, 0.6) is 0 Å². The monoisotopic (exact) mass is 390 g/mol. The lowest BCUT2D eigenvalue weighted by atomic mass is 10.1. The molecule has 0 saturated carbocycles. The van der Waals surface area contributed by atoms with Crippen LogP contribution >= 0.6 is 0 Å². The molecule has 1 aliphatic heterocycles. The summed E-state index contributed by atoms with van der Waals surface area (Å²) in [7, 11) is 0. The molecule has 0 N–H and O–H groups in total. The van der Waals surface area contributed by atoms with E-state index in [0.29, 0.717) is 11.8 Å². The van der Waals surface area contributed by atoms with Crippen molar-refractivity contribution in [1.29, 1.82) is 0 Å². The molecule has 2 aromatic heterocycles. The fourth-order valence-corrected chi connectivity index (χ4v) is 2.74. The molecule has 0 spiro atoms. The normalized spacial score (nSPS) is 14.2. The van der Waals surface area contributed by atoms with E-state index in [1.165, 1.54) is 23.1 Å². The van der Waals surface area contributed by atoms with Gasteiger partial charge in [-0.25, -0.2) is 17.6 Å². The van der Waals surface area contributed by atoms with E-state index < -0.39 is 41.2 Å². The van der Waals surface area contributed by atoms with Gasteiger partial charge in [0.05, 0.1) is 30.6 Å². The van der Waals surface area contributed by atoms with E-state index in [-0.39, 0.29) is 23.5 Å². The summed E-state index contributed by atoms with van der Waals surface area (Å²) in [5, 5.41) is 7.96. The Hall–Kier alpha value is -3.56. The zero-order chi connectivity index (χ0) is 19.8. The Labute approximate surface area is 154 Å². The SMILES string of the molecule is O=C1CC(c2cc(-c3ccon3)n(Cc3c(F)ccc(F)c3F)n2)=NC=C1F. The van der Waals surface area contributed by atoms with Crippen LogP contribution in [0.4, 0.5) is 17.6 Å². The molecular formula is C18H10F4N4O2. The average molecular weight is 390 g/mol. The van der Waals surface area contributed by atoms with E-state index in [9.17, 15) is 22.4 Å². The van der Waals surface area contributed by atoms with E-state index in [0.717, 1.165) is 12.3 Å². The molecule has 0 bridgehead atoms. The van der Waals surface area contributed by atoms with Crippen LogP contribution in [-0.2, 0) is 11.3 Å². The fraction of sp³-hybridized carbons (Fsp3) is 0.111. The van der Waals surface area contributed by atoms with Gasteiger partial charge in [-0.3, -0.25) is 14.5 Å². The van der Waals surface area contributed by atoms with Gasteiger partial charge in [-0.1, -0.05) is 5.16 Å². The van der Waals surface area contributed by atoms with Gasteiger partial charge in [0.25, 0.3) is 0 Å². The third-order valence-electron chi connectivity index (χ3n) is 4.15. The molecular weight excluding hydrogens is 380 g/mol. The first-order chi connectivity index (χ1) is 13.4. The fourth-order valence-electron chi connectivity index (χ4n) is 2.74. The molecule has 0 aliphatic carbocycles. The zero-order valence-electron chi connectivity index (χ0n) is 14.0. The van der Waals surface area contributed by atoms with Crippen LogP contribution in [0.2, 0.25) is 0 Å². The number of halogens is 4. The maximum atomic E-state index is 14.1. The predicted molar refractivity (Wildman–Crippen MR) is 88.5 cm³/mol. The molecule has 1 aliphatic rings. The number of Topliss-reactive ketones (excluding diaryl/α,β-unsaturated/α-hetero) is 1. The van der Waals surface area contributed by atoms with Crippen molar-refractivity contribution in [2.75, 3.05) is 0 Å². The van der Waals surface area contributed by atoms with Gasteiger partial charge in [-0.2, -0.15) is 5.10 Å². The molecule has 6 nitrogen and oxygen atoms in total. The molecule has 0 fully saturated rings. The number of carbonyl (C=O) groups excluding carboxylic acids is 1. The molecule has 3 aromatic rings. The van der Waals surface area contributed by atoms with Crippen LogP contribution in [0.3, 0.4) is 0 Å². The lowest BCUT2D eigenvalue weighted by Gasteiger charge is -2.09. The van der Waals surface area contributed by atoms with Crippen LogP contribution < -0.4 is 0 Å². The Morgan fingerprint density at radius 1 is 1.07 bits per heavy atom. The van der Waals surface area contributed by atoms with Crippen molar-refractivity contribution in [3.8, 4) is 11.4 Å². The van der Waals surface area contributed by atoms with Crippen molar-refractivity contribution in [3.05, 3.63) is 71.3 Å². The maximum absolute atomic E-state index is 14.1. The number of hydrogen-bond acceptors (Lipinski definition) is 5. The minimum Gasteiger partial charge on any atom is -0.364 e. The van der Waals surface area contributed by atoms with Crippen molar-refractivity contribution in [2.45, 2.75) is 13.0 Å². The molecule has 0 unspecified atom stereocenters. The van der Waals surface area contributed by atoms with E-state index >= 15 is 0 Å². The predicted octanol–water partition coefficient (Wildman–Crippen LogP) is 3.58. The summed E-state index contributed by atoms with van der Waals surface area (Å²) >= 11 is 0. The Balaban J connectivity index is 1.80. The summed E-state index contributed by atoms with van der Waals surface area (Å²) in [6.07, 6.45) is 1.75. The molecule has 0 atom stereocenters. The van der Waals surface area contributed by atoms with Gasteiger partial charge in [0.2, 0.25) is 0 Å². The van der Waals surface area contributed by atoms with E-state index in [1.807, 2.05) is 0 Å². The van der Waals surface area contributed by atoms with Crippen LogP contribution in [0, 0.1) is 17.5 Å². The standard InChI is InChI=1S/C18H10F4N4O2/c19-10-1-2-11(20)18(22)9(10)8-26-16(13-3-4-28-25-13)5-15(24-26)14-6-17(27)12(21)7-23-14/h1-5,7H,6,8H2. The number of benzene rings is 1. The molecule has 3 heterocycles. The minimum absolute atomic E-state index is 0.176. The number of rotatable bonds is 4. The number of nitrogens with zero attached hydrogens (tertiary/aromatic N) is 4. The summed E-state index contributed by atoms with van der Waals surface area (Å²) < 4.78 is 60.8. The molecule has 0 radical (unpaired) electrons. The maximum Gasteiger partial charge on any atom is 0.198 e. The summed E-state index contributed by atoms with van der Waals surface area (Å²) in [4.78, 5) is 15.4. The highest BCUT2D eigenvalue weighted by molar-refractivity contribution is 6.16. The third-order valence-corrected chi connectivity index (χ3v) is 4.15. The first-order valence-electron chi connectivity index (χ1n) is 8.01. The van der Waals surface area contributed by atoms with Crippen LogP contribution in [0.25, 0.3) is 11.4 Å². The van der Waals surface area contributed by atoms with Gasteiger partial charge in [0.1, 0.15) is 23.5 Å². The van der Waals surface area contributed by atoms with Gasteiger partial charge in [-0.05, 0) is 18.2 Å². The first kappa shape index (κ1) is 17.8. The number of hydrogen-bond donors (Lipinski definition) is 0. The Kier molecular flexibility index (Phi) is 4.38. The minimum atomic E-state index is -1.33. The summed E-state index contributed by atoms with van der Waals surface area (Å²) in [6.45, 7) is -0.455. The Morgan fingerprint density at radius 3 is 2.57 bits per heavy atom. The second-order valence-electron chi connectivity index (χ2n) is 5.93. The van der Waals surface area contributed by atoms with Crippen LogP contribution in [0.15, 0.2) is 52.1 Å². The van der Waals surface area contributed by atoms with Crippen LogP contribution in [-0.4, -0.2) is 26.4 Å². The summed E-state index contributed by atoms with van der Waals surface area (Å²) in [6, 6.07) is 4.45. The highest BCUT2D eigenvalue weighted by Gasteiger charge is 2.24. The number of carbonyl (C=O) groups is 1. The molecule has 1 aromatic carbocycles. The quantitative estimate of drug-likeness (QED) is 0.504. The van der Waals surface area contributed by atoms with Gasteiger partial charge in [0, 0.05) is 11.6 Å². The highest BCUT2D eigenvalue weighted by Crippen LogP contribution is 2.24. The highest BCUT2D eigenvalue weighted by atomic mass is 19.2. The van der Waals surface area contributed by atoms with Crippen molar-refractivity contribution in [3.63, 3.8) is 0 Å². The molecule has 10 heteroatoms. The largest absolute Gasteiger partial charge is 0.364 e. The van der Waals surface area contributed by atoms with E-state index in [1.54, 1.807) is 0 Å². The van der Waals surface area contributed by atoms with Crippen molar-refractivity contribution in [1.82, 2.24) is 14.9 Å². The van der Waals surface area contributed by atoms with Gasteiger partial charge >= 0.3 is 0 Å². The lowest BCUT2D eigenvalue weighted by molar-refractivity contribution is -0.115. The van der Waals surface area contributed by atoms with Crippen LogP contribution in [0.1, 0.15) is 17.7 Å². The zero-order valence-corrected chi connectivity index (χ0v) is 14.0. The third kappa shape index (κ3) is 3.13.